The van der Waals surface area contributed by atoms with Gasteiger partial charge >= 0.3 is 5.97 Å². The van der Waals surface area contributed by atoms with Gasteiger partial charge < -0.3 is 14.2 Å². The summed E-state index contributed by atoms with van der Waals surface area (Å²) in [5.41, 5.74) is 3.19. The molecule has 0 spiro atoms. The molecular weight excluding hydrogens is 596 g/mol. The van der Waals surface area contributed by atoms with E-state index in [1.807, 2.05) is 84.9 Å². The lowest BCUT2D eigenvalue weighted by atomic mass is 9.91. The number of nitrogens with zero attached hydrogens (tertiary/aromatic N) is 2. The molecule has 0 amide bonds. The van der Waals surface area contributed by atoms with Crippen LogP contribution in [-0.2, 0) is 16.1 Å². The second kappa shape index (κ2) is 12.5. The Bertz CT molecular complexity index is 2090. The molecule has 0 fully saturated rings. The maximum Gasteiger partial charge on any atom is 0.338 e. The number of carbonyl (C=O) groups excluding carboxylic acids is 1. The van der Waals surface area contributed by atoms with E-state index in [1.54, 1.807) is 31.6 Å². The summed E-state index contributed by atoms with van der Waals surface area (Å²) in [6, 6.07) is 26.1. The lowest BCUT2D eigenvalue weighted by Crippen LogP contribution is -2.40. The van der Waals surface area contributed by atoms with Crippen molar-refractivity contribution in [1.82, 2.24) is 4.57 Å². The maximum atomic E-state index is 14.1. The smallest absolute Gasteiger partial charge is 0.338 e. The van der Waals surface area contributed by atoms with Gasteiger partial charge in [0.1, 0.15) is 6.61 Å². The zero-order chi connectivity index (χ0) is 30.8. The number of benzene rings is 4. The highest BCUT2D eigenvalue weighted by Gasteiger charge is 2.34. The van der Waals surface area contributed by atoms with E-state index in [0.29, 0.717) is 43.7 Å². The summed E-state index contributed by atoms with van der Waals surface area (Å²) < 4.78 is 19.2. The van der Waals surface area contributed by atoms with E-state index >= 15 is 0 Å². The Labute approximate surface area is 262 Å². The van der Waals surface area contributed by atoms with Crippen molar-refractivity contribution in [3.63, 3.8) is 0 Å². The van der Waals surface area contributed by atoms with E-state index < -0.39 is 12.0 Å². The van der Waals surface area contributed by atoms with Crippen molar-refractivity contribution in [1.29, 1.82) is 0 Å². The van der Waals surface area contributed by atoms with E-state index in [2.05, 4.69) is 0 Å². The second-order valence-electron chi connectivity index (χ2n) is 10.2. The van der Waals surface area contributed by atoms with Crippen molar-refractivity contribution in [3.05, 3.63) is 138 Å². The third-order valence-corrected chi connectivity index (χ3v) is 8.66. The average molecular weight is 625 g/mol. The molecule has 0 unspecified atom stereocenters. The zero-order valence-corrected chi connectivity index (χ0v) is 25.9. The summed E-state index contributed by atoms with van der Waals surface area (Å²) in [5, 5.41) is 2.62. The van der Waals surface area contributed by atoms with Crippen molar-refractivity contribution < 1.29 is 19.0 Å². The fourth-order valence-electron chi connectivity index (χ4n) is 5.36. The molecule has 2 heterocycles. The predicted octanol–water partition coefficient (Wildman–Crippen LogP) is 6.19. The van der Waals surface area contributed by atoms with Gasteiger partial charge in [-0.2, -0.15) is 0 Å². The SMILES string of the molecule is CCOC(=O)C1=C(C)N=c2s/c(=C\c3ccc(OCc4ccc(Cl)cc4)c(OC)c3)c(=O)n2[C@@H]1c1cccc2ccccc12. The van der Waals surface area contributed by atoms with Crippen LogP contribution in [0.4, 0.5) is 0 Å². The molecule has 0 saturated carbocycles. The molecular formula is C35H29ClN2O5S. The minimum absolute atomic E-state index is 0.212. The fraction of sp³-hybridized carbons (Fsp3) is 0.171. The molecule has 1 aliphatic rings. The lowest BCUT2D eigenvalue weighted by Gasteiger charge is -2.25. The molecule has 0 aliphatic carbocycles. The number of fused-ring (bicyclic) bond motifs is 2. The molecule has 44 heavy (non-hydrogen) atoms. The Kier molecular flexibility index (Phi) is 8.37. The minimum Gasteiger partial charge on any atom is -0.493 e. The minimum atomic E-state index is -0.697. The van der Waals surface area contributed by atoms with Gasteiger partial charge in [-0.15, -0.1) is 0 Å². The van der Waals surface area contributed by atoms with Crippen LogP contribution in [0.15, 0.2) is 106 Å². The van der Waals surface area contributed by atoms with Gasteiger partial charge in [0.15, 0.2) is 16.3 Å². The molecule has 0 saturated heterocycles. The third-order valence-electron chi connectivity index (χ3n) is 7.43. The van der Waals surface area contributed by atoms with Gasteiger partial charge in [0.2, 0.25) is 0 Å². The number of hydrogen-bond donors (Lipinski definition) is 0. The second-order valence-corrected chi connectivity index (χ2v) is 11.6. The van der Waals surface area contributed by atoms with Crippen molar-refractivity contribution >= 4 is 45.8 Å². The summed E-state index contributed by atoms with van der Waals surface area (Å²) in [4.78, 5) is 32.7. The first-order chi connectivity index (χ1) is 21.4. The quantitative estimate of drug-likeness (QED) is 0.192. The number of esters is 1. The van der Waals surface area contributed by atoms with E-state index in [1.165, 1.54) is 11.3 Å². The first-order valence-electron chi connectivity index (χ1n) is 14.1. The molecule has 0 bridgehead atoms. The van der Waals surface area contributed by atoms with Crippen LogP contribution in [0.3, 0.4) is 0 Å². The maximum absolute atomic E-state index is 14.1. The van der Waals surface area contributed by atoms with E-state index in [4.69, 9.17) is 30.8 Å². The number of halogens is 1. The largest absolute Gasteiger partial charge is 0.493 e. The van der Waals surface area contributed by atoms with Gasteiger partial charge in [0.05, 0.1) is 35.6 Å². The van der Waals surface area contributed by atoms with Gasteiger partial charge in [-0.05, 0) is 71.7 Å². The Hall–Kier alpha value is -4.66. The number of thiazole rings is 1. The zero-order valence-electron chi connectivity index (χ0n) is 24.4. The predicted molar refractivity (Wildman–Crippen MR) is 173 cm³/mol. The van der Waals surface area contributed by atoms with Gasteiger partial charge in [-0.1, -0.05) is 83.6 Å². The molecule has 4 aromatic carbocycles. The monoisotopic (exact) mass is 624 g/mol. The van der Waals surface area contributed by atoms with Crippen LogP contribution in [0.1, 0.15) is 36.6 Å². The number of carbonyl (C=O) groups is 1. The molecule has 0 radical (unpaired) electrons. The van der Waals surface area contributed by atoms with Gasteiger partial charge in [0, 0.05) is 5.02 Å². The number of aromatic nitrogens is 1. The van der Waals surface area contributed by atoms with Crippen molar-refractivity contribution in [2.45, 2.75) is 26.5 Å². The van der Waals surface area contributed by atoms with E-state index in [9.17, 15) is 9.59 Å². The van der Waals surface area contributed by atoms with E-state index in [0.717, 1.165) is 27.5 Å². The number of ether oxygens (including phenoxy) is 3. The average Bonchev–Trinajstić information content (AvgIpc) is 3.33. The summed E-state index contributed by atoms with van der Waals surface area (Å²) in [6.07, 6.45) is 1.80. The molecule has 1 aliphatic heterocycles. The Morgan fingerprint density at radius 3 is 2.57 bits per heavy atom. The first-order valence-corrected chi connectivity index (χ1v) is 15.3. The Morgan fingerprint density at radius 1 is 1.02 bits per heavy atom. The van der Waals surface area contributed by atoms with Crippen molar-refractivity contribution in [3.8, 4) is 11.5 Å². The summed E-state index contributed by atoms with van der Waals surface area (Å²) in [5.74, 6) is 0.626. The van der Waals surface area contributed by atoms with Crippen LogP contribution in [-0.4, -0.2) is 24.3 Å². The van der Waals surface area contributed by atoms with Crippen molar-refractivity contribution in [2.75, 3.05) is 13.7 Å². The van der Waals surface area contributed by atoms with E-state index in [-0.39, 0.29) is 12.2 Å². The Balaban J connectivity index is 1.43. The fourth-order valence-corrected chi connectivity index (χ4v) is 6.53. The van der Waals surface area contributed by atoms with Crippen LogP contribution in [0.5, 0.6) is 11.5 Å². The highest BCUT2D eigenvalue weighted by molar-refractivity contribution is 7.07. The first kappa shape index (κ1) is 29.4. The molecule has 1 aromatic heterocycles. The third kappa shape index (κ3) is 5.66. The standard InChI is InChI=1S/C35H29ClN2O5S/c1-4-42-34(40)31-21(2)37-35-38(32(31)27-11-7-9-24-8-5-6-10-26(24)27)33(39)30(44-35)19-23-14-17-28(29(18-23)41-3)43-20-22-12-15-25(36)16-13-22/h5-19,32H,4,20H2,1-3H3/b30-19-/t32-/m1/s1. The molecule has 6 rings (SSSR count). The topological polar surface area (TPSA) is 79.1 Å². The number of methoxy groups -OCH3 is 1. The molecule has 5 aromatic rings. The van der Waals surface area contributed by atoms with Crippen LogP contribution in [0.2, 0.25) is 5.02 Å². The van der Waals surface area contributed by atoms with Crippen LogP contribution in [0, 0.1) is 0 Å². The summed E-state index contributed by atoms with van der Waals surface area (Å²) >= 11 is 7.27. The number of hydrogen-bond acceptors (Lipinski definition) is 7. The molecule has 9 heteroatoms. The van der Waals surface area contributed by atoms with Gasteiger partial charge in [-0.25, -0.2) is 9.79 Å². The molecule has 1 atom stereocenters. The van der Waals surface area contributed by atoms with Crippen LogP contribution in [0.25, 0.3) is 16.8 Å². The normalized spacial score (nSPS) is 14.7. The van der Waals surface area contributed by atoms with Crippen LogP contribution >= 0.6 is 22.9 Å². The van der Waals surface area contributed by atoms with Crippen LogP contribution < -0.4 is 24.4 Å². The summed E-state index contributed by atoms with van der Waals surface area (Å²) in [6.45, 7) is 4.11. The summed E-state index contributed by atoms with van der Waals surface area (Å²) in [7, 11) is 1.58. The number of rotatable bonds is 8. The highest BCUT2D eigenvalue weighted by Crippen LogP contribution is 2.35. The molecule has 7 nitrogen and oxygen atoms in total. The molecule has 222 valence electrons. The van der Waals surface area contributed by atoms with Crippen molar-refractivity contribution in [2.24, 2.45) is 4.99 Å². The number of allylic oxidation sites excluding steroid dienone is 1. The lowest BCUT2D eigenvalue weighted by molar-refractivity contribution is -0.139. The Morgan fingerprint density at radius 2 is 1.80 bits per heavy atom. The van der Waals surface area contributed by atoms with Gasteiger partial charge in [0.25, 0.3) is 5.56 Å². The highest BCUT2D eigenvalue weighted by atomic mass is 35.5. The van der Waals surface area contributed by atoms with Gasteiger partial charge in [-0.3, -0.25) is 9.36 Å². The molecule has 0 N–H and O–H groups in total.